The second kappa shape index (κ2) is 8.53. The first-order chi connectivity index (χ1) is 12.5. The zero-order valence-corrected chi connectivity index (χ0v) is 15.5. The minimum Gasteiger partial charge on any atom is -0.479 e. The molecule has 1 aliphatic heterocycles. The molecule has 2 N–H and O–H groups in total. The van der Waals surface area contributed by atoms with Crippen LogP contribution in [0.25, 0.3) is 0 Å². The van der Waals surface area contributed by atoms with E-state index in [-0.39, 0.29) is 18.4 Å². The van der Waals surface area contributed by atoms with Crippen LogP contribution in [-0.4, -0.2) is 47.6 Å². The summed E-state index contributed by atoms with van der Waals surface area (Å²) in [5.41, 5.74) is 0. The smallest absolute Gasteiger partial charge is 0.344 e. The quantitative estimate of drug-likeness (QED) is 0.755. The average Bonchev–Trinajstić information content (AvgIpc) is 3.14. The van der Waals surface area contributed by atoms with Crippen LogP contribution in [-0.2, 0) is 9.59 Å². The molecule has 0 aliphatic carbocycles. The molecule has 1 fully saturated rings. The number of nitrogens with zero attached hydrogens (tertiary/aromatic N) is 1. The minimum atomic E-state index is -1.03. The number of nitrogens with one attached hydrogen (secondary N) is 1. The lowest BCUT2D eigenvalue weighted by molar-refractivity contribution is -0.145. The molecule has 8 heteroatoms. The van der Waals surface area contributed by atoms with Crippen molar-refractivity contribution in [3.05, 3.63) is 51.7 Å². The summed E-state index contributed by atoms with van der Waals surface area (Å²) in [7, 11) is 0. The number of hydrogen-bond acceptors (Lipinski definition) is 5. The monoisotopic (exact) mass is 394 g/mol. The third-order valence-electron chi connectivity index (χ3n) is 4.17. The molecule has 1 aromatic heterocycles. The Morgan fingerprint density at radius 2 is 2.15 bits per heavy atom. The molecule has 1 aromatic carbocycles. The molecule has 0 radical (unpaired) electrons. The summed E-state index contributed by atoms with van der Waals surface area (Å²) in [6, 6.07) is 10.0. The number of rotatable bonds is 7. The highest BCUT2D eigenvalue weighted by molar-refractivity contribution is 7.10. The van der Waals surface area contributed by atoms with Crippen molar-refractivity contribution in [3.63, 3.8) is 0 Å². The van der Waals surface area contributed by atoms with Crippen molar-refractivity contribution in [2.45, 2.75) is 18.6 Å². The number of thiophene rings is 1. The Morgan fingerprint density at radius 1 is 1.38 bits per heavy atom. The Morgan fingerprint density at radius 3 is 2.81 bits per heavy atom. The van der Waals surface area contributed by atoms with Crippen LogP contribution >= 0.6 is 22.9 Å². The van der Waals surface area contributed by atoms with Crippen molar-refractivity contribution in [3.8, 4) is 5.75 Å². The molecule has 0 unspecified atom stereocenters. The van der Waals surface area contributed by atoms with Crippen LogP contribution in [0.3, 0.4) is 0 Å². The summed E-state index contributed by atoms with van der Waals surface area (Å²) < 4.78 is 5.59. The molecule has 138 valence electrons. The largest absolute Gasteiger partial charge is 0.479 e. The number of carbonyl (C=O) groups is 2. The number of carboxylic acid groups (broad SMARTS) is 1. The van der Waals surface area contributed by atoms with E-state index in [1.165, 1.54) is 11.3 Å². The van der Waals surface area contributed by atoms with E-state index in [1.54, 1.807) is 24.3 Å². The van der Waals surface area contributed by atoms with Crippen LogP contribution in [0.15, 0.2) is 41.8 Å². The molecular formula is C18H19ClN2O4S. The third kappa shape index (κ3) is 4.55. The van der Waals surface area contributed by atoms with E-state index < -0.39 is 12.1 Å². The Hall–Kier alpha value is -2.09. The zero-order chi connectivity index (χ0) is 18.5. The second-order valence-corrected chi connectivity index (χ2v) is 7.35. The van der Waals surface area contributed by atoms with Crippen LogP contribution in [0.4, 0.5) is 0 Å². The first-order valence-electron chi connectivity index (χ1n) is 8.25. The van der Waals surface area contributed by atoms with E-state index in [9.17, 15) is 14.7 Å². The van der Waals surface area contributed by atoms with Crippen LogP contribution in [0.1, 0.15) is 17.3 Å². The van der Waals surface area contributed by atoms with Gasteiger partial charge in [-0.1, -0.05) is 17.7 Å². The summed E-state index contributed by atoms with van der Waals surface area (Å²) >= 11 is 7.36. The third-order valence-corrected chi connectivity index (χ3v) is 5.35. The highest BCUT2D eigenvalue weighted by atomic mass is 35.5. The Balaban J connectivity index is 1.66. The van der Waals surface area contributed by atoms with Gasteiger partial charge in [0.1, 0.15) is 11.8 Å². The topological polar surface area (TPSA) is 78.9 Å². The van der Waals surface area contributed by atoms with Crippen LogP contribution in [0, 0.1) is 0 Å². The fraction of sp³-hybridized carbons (Fsp3) is 0.333. The number of carbonyl (C=O) groups excluding carboxylic acids is 1. The summed E-state index contributed by atoms with van der Waals surface area (Å²) in [4.78, 5) is 26.8. The first-order valence-corrected chi connectivity index (χ1v) is 9.50. The van der Waals surface area contributed by atoms with Gasteiger partial charge in [-0.3, -0.25) is 9.69 Å². The Kier molecular flexibility index (Phi) is 6.13. The van der Waals surface area contributed by atoms with Crippen molar-refractivity contribution < 1.29 is 19.4 Å². The number of hydrogen-bond donors (Lipinski definition) is 2. The molecule has 2 aromatic rings. The SMILES string of the molecule is O=C(O)[C@H](CCN1CCNC(=O)[C@@H]1c1cccs1)Oc1ccc(Cl)cc1. The molecule has 1 amide bonds. The maximum absolute atomic E-state index is 12.3. The van der Waals surface area contributed by atoms with Crippen LogP contribution in [0.2, 0.25) is 5.02 Å². The minimum absolute atomic E-state index is 0.0517. The lowest BCUT2D eigenvalue weighted by atomic mass is 10.1. The maximum Gasteiger partial charge on any atom is 0.344 e. The van der Waals surface area contributed by atoms with Gasteiger partial charge in [-0.15, -0.1) is 11.3 Å². The molecule has 6 nitrogen and oxygen atoms in total. The van der Waals surface area contributed by atoms with Crippen molar-refractivity contribution in [1.29, 1.82) is 0 Å². The number of benzene rings is 1. The highest BCUT2D eigenvalue weighted by Crippen LogP contribution is 2.27. The number of carboxylic acids is 1. The van der Waals surface area contributed by atoms with Gasteiger partial charge in [-0.2, -0.15) is 0 Å². The van der Waals surface area contributed by atoms with E-state index in [0.717, 1.165) is 4.88 Å². The predicted octanol–water partition coefficient (Wildman–Crippen LogP) is 2.80. The van der Waals surface area contributed by atoms with Crippen molar-refractivity contribution >= 4 is 34.8 Å². The Bertz CT molecular complexity index is 751. The van der Waals surface area contributed by atoms with Gasteiger partial charge < -0.3 is 15.2 Å². The van der Waals surface area contributed by atoms with Gasteiger partial charge in [0, 0.05) is 36.0 Å². The molecule has 0 spiro atoms. The average molecular weight is 395 g/mol. The van der Waals surface area contributed by atoms with Gasteiger partial charge in [0.25, 0.3) is 0 Å². The molecule has 3 rings (SSSR count). The number of aliphatic carboxylic acids is 1. The van der Waals surface area contributed by atoms with Gasteiger partial charge in [0.15, 0.2) is 6.10 Å². The summed E-state index contributed by atoms with van der Waals surface area (Å²) in [5, 5.41) is 14.8. The van der Waals surface area contributed by atoms with Gasteiger partial charge in [0.2, 0.25) is 5.91 Å². The van der Waals surface area contributed by atoms with Crippen LogP contribution in [0.5, 0.6) is 5.75 Å². The maximum atomic E-state index is 12.3. The molecular weight excluding hydrogens is 376 g/mol. The second-order valence-electron chi connectivity index (χ2n) is 5.93. The van der Waals surface area contributed by atoms with Crippen molar-refractivity contribution in [2.24, 2.45) is 0 Å². The normalized spacial score (nSPS) is 19.0. The molecule has 0 bridgehead atoms. The molecule has 26 heavy (non-hydrogen) atoms. The standard InChI is InChI=1S/C18H19ClN2O4S/c19-12-3-5-13(6-4-12)25-14(18(23)24)7-9-21-10-8-20-17(22)16(21)15-2-1-11-26-15/h1-6,11,14,16H,7-10H2,(H,20,22)(H,23,24)/t14-,16-/m0/s1. The lowest BCUT2D eigenvalue weighted by Crippen LogP contribution is -2.50. The molecule has 1 saturated heterocycles. The molecule has 1 aliphatic rings. The van der Waals surface area contributed by atoms with Gasteiger partial charge in [-0.25, -0.2) is 4.79 Å². The van der Waals surface area contributed by atoms with E-state index >= 15 is 0 Å². The highest BCUT2D eigenvalue weighted by Gasteiger charge is 2.33. The number of amides is 1. The zero-order valence-electron chi connectivity index (χ0n) is 13.9. The molecule has 2 heterocycles. The fourth-order valence-corrected chi connectivity index (χ4v) is 3.89. The predicted molar refractivity (Wildman–Crippen MR) is 99.8 cm³/mol. The van der Waals surface area contributed by atoms with E-state index in [0.29, 0.717) is 30.4 Å². The number of ether oxygens (including phenoxy) is 1. The van der Waals surface area contributed by atoms with E-state index in [4.69, 9.17) is 16.3 Å². The summed E-state index contributed by atoms with van der Waals surface area (Å²) in [6.45, 7) is 1.67. The van der Waals surface area contributed by atoms with Gasteiger partial charge >= 0.3 is 5.97 Å². The molecule has 2 atom stereocenters. The molecule has 0 saturated carbocycles. The van der Waals surface area contributed by atoms with Crippen LogP contribution < -0.4 is 10.1 Å². The fourth-order valence-electron chi connectivity index (χ4n) is 2.90. The van der Waals surface area contributed by atoms with E-state index in [2.05, 4.69) is 5.32 Å². The van der Waals surface area contributed by atoms with Crippen molar-refractivity contribution in [1.82, 2.24) is 10.2 Å². The van der Waals surface area contributed by atoms with Gasteiger partial charge in [0.05, 0.1) is 0 Å². The van der Waals surface area contributed by atoms with Gasteiger partial charge in [-0.05, 0) is 35.7 Å². The number of piperazine rings is 1. The number of halogens is 1. The Labute approximate surface area is 160 Å². The summed E-state index contributed by atoms with van der Waals surface area (Å²) in [6.07, 6.45) is -0.724. The van der Waals surface area contributed by atoms with Crippen molar-refractivity contribution in [2.75, 3.05) is 19.6 Å². The summed E-state index contributed by atoms with van der Waals surface area (Å²) in [5.74, 6) is -0.633. The van der Waals surface area contributed by atoms with E-state index in [1.807, 2.05) is 22.4 Å². The first kappa shape index (κ1) is 18.7. The lowest BCUT2D eigenvalue weighted by Gasteiger charge is -2.34.